The number of aliphatic carboxylic acids is 1. The van der Waals surface area contributed by atoms with Crippen molar-refractivity contribution in [1.82, 2.24) is 5.32 Å². The van der Waals surface area contributed by atoms with E-state index in [0.29, 0.717) is 6.42 Å². The van der Waals surface area contributed by atoms with Gasteiger partial charge >= 0.3 is 5.97 Å². The van der Waals surface area contributed by atoms with Gasteiger partial charge in [0.25, 0.3) is 0 Å². The van der Waals surface area contributed by atoms with Crippen LogP contribution in [0.2, 0.25) is 0 Å². The van der Waals surface area contributed by atoms with Crippen molar-refractivity contribution in [3.63, 3.8) is 0 Å². The molecule has 1 unspecified atom stereocenters. The zero-order valence-corrected chi connectivity index (χ0v) is 10.2. The monoisotopic (exact) mass is 246 g/mol. The molecule has 0 aliphatic carbocycles. The van der Waals surface area contributed by atoms with E-state index in [2.05, 4.69) is 6.92 Å². The number of carbonyl (C=O) groups excluding carboxylic acids is 1. The van der Waals surface area contributed by atoms with Gasteiger partial charge in [-0.05, 0) is 6.42 Å². The molecule has 0 saturated heterocycles. The van der Waals surface area contributed by atoms with Crippen molar-refractivity contribution in [3.8, 4) is 0 Å². The molecule has 0 aromatic carbocycles. The number of hydrogen-bond donors (Lipinski definition) is 4. The molecule has 0 aromatic rings. The Labute approximate surface area is 101 Å². The van der Waals surface area contributed by atoms with Crippen LogP contribution in [0.5, 0.6) is 0 Å². The molecule has 0 spiro atoms. The third kappa shape index (κ3) is 6.23. The Hall–Kier alpha value is -1.14. The molecule has 0 saturated carbocycles. The highest BCUT2D eigenvalue weighted by Gasteiger charge is 2.36. The molecule has 0 bridgehead atoms. The lowest BCUT2D eigenvalue weighted by Gasteiger charge is -2.24. The van der Waals surface area contributed by atoms with Gasteiger partial charge in [-0.25, -0.2) is 4.79 Å². The van der Waals surface area contributed by atoms with Crippen LogP contribution in [-0.4, -0.2) is 34.4 Å². The quantitative estimate of drug-likeness (QED) is 0.343. The van der Waals surface area contributed by atoms with Gasteiger partial charge in [-0.1, -0.05) is 32.6 Å². The molecule has 1 amide bonds. The van der Waals surface area contributed by atoms with E-state index >= 15 is 0 Å². The average molecular weight is 246 g/mol. The summed E-state index contributed by atoms with van der Waals surface area (Å²) in [5, 5.41) is 20.7. The highest BCUT2D eigenvalue weighted by Crippen LogP contribution is 2.14. The minimum atomic E-state index is -2.19. The van der Waals surface area contributed by atoms with Crippen molar-refractivity contribution >= 4 is 11.9 Å². The van der Waals surface area contributed by atoms with Gasteiger partial charge in [0.1, 0.15) is 0 Å². The Morgan fingerprint density at radius 3 is 2.29 bits per heavy atom. The molecule has 0 aliphatic heterocycles. The normalized spacial score (nSPS) is 14.1. The molecule has 6 heteroatoms. The van der Waals surface area contributed by atoms with E-state index in [1.165, 1.54) is 0 Å². The molecule has 17 heavy (non-hydrogen) atoms. The summed E-state index contributed by atoms with van der Waals surface area (Å²) in [6, 6.07) is 0. The molecule has 0 aliphatic rings. The third-order valence-corrected chi connectivity index (χ3v) is 2.53. The number of carbonyl (C=O) groups is 2. The summed E-state index contributed by atoms with van der Waals surface area (Å²) in [4.78, 5) is 21.9. The number of nitrogens with one attached hydrogen (secondary N) is 1. The molecular formula is C11H22N2O4. The van der Waals surface area contributed by atoms with E-state index < -0.39 is 17.6 Å². The van der Waals surface area contributed by atoms with Crippen LogP contribution in [0.1, 0.15) is 45.4 Å². The predicted molar refractivity (Wildman–Crippen MR) is 63.2 cm³/mol. The smallest absolute Gasteiger partial charge is 0.357 e. The number of amides is 1. The highest BCUT2D eigenvalue weighted by molar-refractivity contribution is 5.86. The minimum Gasteiger partial charge on any atom is -0.478 e. The van der Waals surface area contributed by atoms with Crippen LogP contribution >= 0.6 is 0 Å². The van der Waals surface area contributed by atoms with Crippen LogP contribution in [-0.2, 0) is 9.59 Å². The maximum Gasteiger partial charge on any atom is 0.357 e. The van der Waals surface area contributed by atoms with Crippen molar-refractivity contribution in [1.29, 1.82) is 0 Å². The first-order valence-electron chi connectivity index (χ1n) is 5.93. The summed E-state index contributed by atoms with van der Waals surface area (Å²) in [5.74, 6) is -2.13. The molecule has 0 rings (SSSR count). The summed E-state index contributed by atoms with van der Waals surface area (Å²) in [6.45, 7) is 1.74. The van der Waals surface area contributed by atoms with Gasteiger partial charge in [-0.2, -0.15) is 0 Å². The Bertz CT molecular complexity index is 258. The summed E-state index contributed by atoms with van der Waals surface area (Å²) >= 11 is 0. The number of hydrogen-bond acceptors (Lipinski definition) is 4. The SMILES string of the molecule is CCCCCCCC(O)(NC(=O)CN)C(=O)O. The van der Waals surface area contributed by atoms with Crippen LogP contribution in [0.4, 0.5) is 0 Å². The lowest BCUT2D eigenvalue weighted by Crippen LogP contribution is -2.55. The van der Waals surface area contributed by atoms with Gasteiger partial charge < -0.3 is 21.3 Å². The summed E-state index contributed by atoms with van der Waals surface area (Å²) in [7, 11) is 0. The van der Waals surface area contributed by atoms with Gasteiger partial charge in [-0.15, -0.1) is 0 Å². The molecular weight excluding hydrogens is 224 g/mol. The fourth-order valence-electron chi connectivity index (χ4n) is 1.49. The Balaban J connectivity index is 4.13. The van der Waals surface area contributed by atoms with E-state index in [4.69, 9.17) is 10.8 Å². The lowest BCUT2D eigenvalue weighted by atomic mass is 10.0. The van der Waals surface area contributed by atoms with Gasteiger partial charge in [0.15, 0.2) is 0 Å². The second kappa shape index (κ2) is 8.03. The fourth-order valence-corrected chi connectivity index (χ4v) is 1.49. The Morgan fingerprint density at radius 2 is 1.82 bits per heavy atom. The van der Waals surface area contributed by atoms with E-state index in [1.54, 1.807) is 0 Å². The predicted octanol–water partition coefficient (Wildman–Crippen LogP) is 0.195. The number of aliphatic hydroxyl groups is 1. The van der Waals surface area contributed by atoms with E-state index in [-0.39, 0.29) is 13.0 Å². The molecule has 0 aromatic heterocycles. The molecule has 0 fully saturated rings. The zero-order valence-electron chi connectivity index (χ0n) is 10.2. The van der Waals surface area contributed by atoms with Crippen LogP contribution < -0.4 is 11.1 Å². The van der Waals surface area contributed by atoms with Crippen molar-refractivity contribution in [2.45, 2.75) is 51.2 Å². The number of carboxylic acid groups (broad SMARTS) is 1. The van der Waals surface area contributed by atoms with Crippen molar-refractivity contribution in [2.75, 3.05) is 6.54 Å². The molecule has 100 valence electrons. The Kier molecular flexibility index (Phi) is 7.49. The first-order valence-corrected chi connectivity index (χ1v) is 5.93. The van der Waals surface area contributed by atoms with Crippen LogP contribution in [0, 0.1) is 0 Å². The maximum absolute atomic E-state index is 11.0. The molecule has 0 heterocycles. The van der Waals surface area contributed by atoms with Gasteiger partial charge in [0.05, 0.1) is 6.54 Å². The lowest BCUT2D eigenvalue weighted by molar-refractivity contribution is -0.166. The second-order valence-corrected chi connectivity index (χ2v) is 4.08. The number of carboxylic acids is 1. The maximum atomic E-state index is 11.0. The third-order valence-electron chi connectivity index (χ3n) is 2.53. The summed E-state index contributed by atoms with van der Waals surface area (Å²) < 4.78 is 0. The van der Waals surface area contributed by atoms with E-state index in [9.17, 15) is 14.7 Å². The molecule has 0 radical (unpaired) electrons. The van der Waals surface area contributed by atoms with Gasteiger partial charge in [0, 0.05) is 6.42 Å². The van der Waals surface area contributed by atoms with Gasteiger partial charge in [-0.3, -0.25) is 4.79 Å². The fraction of sp³-hybridized carbons (Fsp3) is 0.818. The first-order chi connectivity index (χ1) is 7.96. The van der Waals surface area contributed by atoms with Gasteiger partial charge in [0.2, 0.25) is 11.6 Å². The Morgan fingerprint density at radius 1 is 1.24 bits per heavy atom. The van der Waals surface area contributed by atoms with Crippen LogP contribution in [0.15, 0.2) is 0 Å². The van der Waals surface area contributed by atoms with Crippen LogP contribution in [0.3, 0.4) is 0 Å². The molecule has 1 atom stereocenters. The number of nitrogens with two attached hydrogens (primary N) is 1. The zero-order chi connectivity index (χ0) is 13.3. The first kappa shape index (κ1) is 15.9. The van der Waals surface area contributed by atoms with Crippen molar-refractivity contribution in [2.24, 2.45) is 5.73 Å². The standard InChI is InChI=1S/C11H22N2O4/c1-2-3-4-5-6-7-11(17,10(15)16)13-9(14)8-12/h17H,2-8,12H2,1H3,(H,13,14)(H,15,16). The topological polar surface area (TPSA) is 113 Å². The molecule has 5 N–H and O–H groups in total. The second-order valence-electron chi connectivity index (χ2n) is 4.08. The van der Waals surface area contributed by atoms with Crippen molar-refractivity contribution < 1.29 is 19.8 Å². The summed E-state index contributed by atoms with van der Waals surface area (Å²) in [6.07, 6.45) is 4.55. The number of unbranched alkanes of at least 4 members (excludes halogenated alkanes) is 4. The van der Waals surface area contributed by atoms with Crippen molar-refractivity contribution in [3.05, 3.63) is 0 Å². The van der Waals surface area contributed by atoms with E-state index in [1.807, 2.05) is 5.32 Å². The number of rotatable bonds is 9. The minimum absolute atomic E-state index is 0.00219. The largest absolute Gasteiger partial charge is 0.478 e. The summed E-state index contributed by atoms with van der Waals surface area (Å²) in [5.41, 5.74) is 2.87. The highest BCUT2D eigenvalue weighted by atomic mass is 16.4. The molecule has 6 nitrogen and oxygen atoms in total. The van der Waals surface area contributed by atoms with E-state index in [0.717, 1.165) is 25.7 Å². The average Bonchev–Trinajstić information content (AvgIpc) is 2.28. The van der Waals surface area contributed by atoms with Crippen LogP contribution in [0.25, 0.3) is 0 Å².